The van der Waals surface area contributed by atoms with Crippen LogP contribution in [0.5, 0.6) is 0 Å². The van der Waals surface area contributed by atoms with Crippen LogP contribution in [-0.2, 0) is 14.8 Å². The van der Waals surface area contributed by atoms with Gasteiger partial charge in [0.25, 0.3) is 0 Å². The van der Waals surface area contributed by atoms with Crippen LogP contribution in [0, 0.1) is 5.82 Å². The summed E-state index contributed by atoms with van der Waals surface area (Å²) in [5.41, 5.74) is 0.995. The maximum atomic E-state index is 13.0. The molecule has 1 amide bonds. The zero-order chi connectivity index (χ0) is 19.3. The van der Waals surface area contributed by atoms with Crippen LogP contribution in [0.2, 0.25) is 0 Å². The van der Waals surface area contributed by atoms with E-state index in [4.69, 9.17) is 0 Å². The molecule has 26 heavy (non-hydrogen) atoms. The van der Waals surface area contributed by atoms with Crippen molar-refractivity contribution >= 4 is 15.9 Å². The molecular formula is C18H26FN3O3S. The fourth-order valence-corrected chi connectivity index (χ4v) is 4.31. The number of nitrogens with zero attached hydrogens (tertiary/aromatic N) is 3. The molecule has 1 heterocycles. The largest absolute Gasteiger partial charge is 0.339 e. The van der Waals surface area contributed by atoms with Crippen molar-refractivity contribution in [2.75, 3.05) is 45.8 Å². The predicted molar refractivity (Wildman–Crippen MR) is 98.7 cm³/mol. The Hall–Kier alpha value is -1.77. The Morgan fingerprint density at radius 2 is 1.73 bits per heavy atom. The van der Waals surface area contributed by atoms with E-state index in [0.717, 1.165) is 24.3 Å². The van der Waals surface area contributed by atoms with Crippen LogP contribution in [0.4, 0.5) is 4.39 Å². The van der Waals surface area contributed by atoms with Crippen LogP contribution in [0.15, 0.2) is 41.3 Å². The molecule has 8 heteroatoms. The third-order valence-corrected chi connectivity index (χ3v) is 6.26. The number of hydrogen-bond donors (Lipinski definition) is 0. The summed E-state index contributed by atoms with van der Waals surface area (Å²) in [5, 5.41) is 0. The van der Waals surface area contributed by atoms with E-state index in [1.807, 2.05) is 18.7 Å². The van der Waals surface area contributed by atoms with E-state index in [2.05, 4.69) is 6.58 Å². The number of rotatable bonds is 7. The van der Waals surface area contributed by atoms with Gasteiger partial charge in [0.05, 0.1) is 11.4 Å². The van der Waals surface area contributed by atoms with Gasteiger partial charge in [0, 0.05) is 32.7 Å². The van der Waals surface area contributed by atoms with Crippen LogP contribution in [0.1, 0.15) is 13.8 Å². The second-order valence-corrected chi connectivity index (χ2v) is 8.44. The highest BCUT2D eigenvalue weighted by Gasteiger charge is 2.30. The lowest BCUT2D eigenvalue weighted by Gasteiger charge is -2.35. The van der Waals surface area contributed by atoms with Crippen molar-refractivity contribution in [1.29, 1.82) is 0 Å². The van der Waals surface area contributed by atoms with E-state index in [-0.39, 0.29) is 23.9 Å². The third-order valence-electron chi connectivity index (χ3n) is 4.34. The number of carbonyl (C=O) groups excluding carboxylic acids is 1. The molecule has 1 fully saturated rings. The summed E-state index contributed by atoms with van der Waals surface area (Å²) in [4.78, 5) is 16.2. The Bertz CT molecular complexity index is 741. The summed E-state index contributed by atoms with van der Waals surface area (Å²) in [5.74, 6) is -0.485. The average molecular weight is 383 g/mol. The highest BCUT2D eigenvalue weighted by Crippen LogP contribution is 2.18. The molecule has 1 aliphatic heterocycles. The predicted octanol–water partition coefficient (Wildman–Crippen LogP) is 1.56. The number of sulfonamides is 1. The highest BCUT2D eigenvalue weighted by atomic mass is 32.2. The molecule has 0 bridgehead atoms. The minimum Gasteiger partial charge on any atom is -0.339 e. The van der Waals surface area contributed by atoms with E-state index < -0.39 is 15.8 Å². The van der Waals surface area contributed by atoms with E-state index in [1.165, 1.54) is 16.4 Å². The molecule has 0 saturated carbocycles. The molecule has 1 saturated heterocycles. The van der Waals surface area contributed by atoms with Gasteiger partial charge in [-0.15, -0.1) is 0 Å². The molecule has 0 radical (unpaired) electrons. The van der Waals surface area contributed by atoms with Gasteiger partial charge in [0.1, 0.15) is 5.82 Å². The van der Waals surface area contributed by atoms with Crippen molar-refractivity contribution in [2.24, 2.45) is 0 Å². The zero-order valence-corrected chi connectivity index (χ0v) is 16.1. The SMILES string of the molecule is C=C(C)CN(CC)CC(=O)N1CCN(S(=O)(=O)c2ccc(F)cc2)CC1. The van der Waals surface area contributed by atoms with Gasteiger partial charge in [0.2, 0.25) is 15.9 Å². The van der Waals surface area contributed by atoms with Crippen molar-refractivity contribution in [3.05, 3.63) is 42.2 Å². The average Bonchev–Trinajstić information content (AvgIpc) is 2.61. The summed E-state index contributed by atoms with van der Waals surface area (Å²) >= 11 is 0. The Balaban J connectivity index is 1.94. The maximum absolute atomic E-state index is 13.0. The number of carbonyl (C=O) groups is 1. The van der Waals surface area contributed by atoms with Crippen molar-refractivity contribution in [2.45, 2.75) is 18.7 Å². The Morgan fingerprint density at radius 1 is 1.15 bits per heavy atom. The van der Waals surface area contributed by atoms with Crippen LogP contribution < -0.4 is 0 Å². The van der Waals surface area contributed by atoms with Gasteiger partial charge in [-0.05, 0) is 37.7 Å². The molecule has 0 N–H and O–H groups in total. The topological polar surface area (TPSA) is 60.9 Å². The first-order valence-electron chi connectivity index (χ1n) is 8.64. The summed E-state index contributed by atoms with van der Waals surface area (Å²) in [6, 6.07) is 4.79. The van der Waals surface area contributed by atoms with Crippen molar-refractivity contribution in [3.8, 4) is 0 Å². The highest BCUT2D eigenvalue weighted by molar-refractivity contribution is 7.89. The van der Waals surface area contributed by atoms with Crippen molar-refractivity contribution < 1.29 is 17.6 Å². The van der Waals surface area contributed by atoms with E-state index >= 15 is 0 Å². The van der Waals surface area contributed by atoms with Gasteiger partial charge in [-0.2, -0.15) is 4.31 Å². The van der Waals surface area contributed by atoms with Crippen LogP contribution in [-0.4, -0.2) is 74.2 Å². The third kappa shape index (κ3) is 5.12. The zero-order valence-electron chi connectivity index (χ0n) is 15.3. The second-order valence-electron chi connectivity index (χ2n) is 6.50. The number of likely N-dealkylation sites (N-methyl/N-ethyl adjacent to an activating group) is 1. The fraction of sp³-hybridized carbons (Fsp3) is 0.500. The molecule has 2 rings (SSSR count). The summed E-state index contributed by atoms with van der Waals surface area (Å²) in [6.07, 6.45) is 0. The molecule has 1 aliphatic rings. The van der Waals surface area contributed by atoms with Gasteiger partial charge >= 0.3 is 0 Å². The normalized spacial score (nSPS) is 16.1. The lowest BCUT2D eigenvalue weighted by atomic mass is 10.3. The monoisotopic (exact) mass is 383 g/mol. The molecule has 144 valence electrons. The number of halogens is 1. The van der Waals surface area contributed by atoms with E-state index in [9.17, 15) is 17.6 Å². The van der Waals surface area contributed by atoms with Crippen molar-refractivity contribution in [1.82, 2.24) is 14.1 Å². The Labute approximate surface area is 154 Å². The van der Waals surface area contributed by atoms with Crippen LogP contribution in [0.25, 0.3) is 0 Å². The number of benzene rings is 1. The molecule has 1 aromatic rings. The quantitative estimate of drug-likeness (QED) is 0.671. The summed E-state index contributed by atoms with van der Waals surface area (Å²) < 4.78 is 39.6. The standard InChI is InChI=1S/C18H26FN3O3S/c1-4-20(13-15(2)3)14-18(23)21-9-11-22(12-10-21)26(24,25)17-7-5-16(19)6-8-17/h5-8H,2,4,9-14H2,1,3H3. The molecule has 0 atom stereocenters. The second kappa shape index (κ2) is 8.75. The Kier molecular flexibility index (Phi) is 6.91. The minimum atomic E-state index is -3.66. The molecule has 6 nitrogen and oxygen atoms in total. The van der Waals surface area contributed by atoms with Gasteiger partial charge in [-0.3, -0.25) is 9.69 Å². The first kappa shape index (κ1) is 20.5. The Morgan fingerprint density at radius 3 is 2.23 bits per heavy atom. The molecular weight excluding hydrogens is 357 g/mol. The van der Waals surface area contributed by atoms with E-state index in [0.29, 0.717) is 26.2 Å². The molecule has 0 spiro atoms. The van der Waals surface area contributed by atoms with Gasteiger partial charge in [-0.25, -0.2) is 12.8 Å². The van der Waals surface area contributed by atoms with Gasteiger partial charge in [0.15, 0.2) is 0 Å². The summed E-state index contributed by atoms with van der Waals surface area (Å²) in [7, 11) is -3.66. The summed E-state index contributed by atoms with van der Waals surface area (Å²) in [6.45, 7) is 10.7. The first-order valence-corrected chi connectivity index (χ1v) is 10.1. The lowest BCUT2D eigenvalue weighted by Crippen LogP contribution is -2.52. The van der Waals surface area contributed by atoms with Crippen LogP contribution >= 0.6 is 0 Å². The van der Waals surface area contributed by atoms with E-state index in [1.54, 1.807) is 4.90 Å². The van der Waals surface area contributed by atoms with Gasteiger partial charge < -0.3 is 4.90 Å². The molecule has 0 unspecified atom stereocenters. The maximum Gasteiger partial charge on any atom is 0.243 e. The first-order chi connectivity index (χ1) is 12.2. The number of hydrogen-bond acceptors (Lipinski definition) is 4. The van der Waals surface area contributed by atoms with Crippen LogP contribution in [0.3, 0.4) is 0 Å². The van der Waals surface area contributed by atoms with Crippen molar-refractivity contribution in [3.63, 3.8) is 0 Å². The smallest absolute Gasteiger partial charge is 0.243 e. The molecule has 0 aromatic heterocycles. The molecule has 0 aliphatic carbocycles. The lowest BCUT2D eigenvalue weighted by molar-refractivity contribution is -0.133. The number of piperazine rings is 1. The number of amides is 1. The molecule has 1 aromatic carbocycles. The minimum absolute atomic E-state index is 0.00747. The fourth-order valence-electron chi connectivity index (χ4n) is 2.89. The van der Waals surface area contributed by atoms with Gasteiger partial charge in [-0.1, -0.05) is 19.1 Å².